The molecular formula is C17H27NO. The molecule has 0 aromatic heterocycles. The van der Waals surface area contributed by atoms with Crippen molar-refractivity contribution in [1.29, 1.82) is 0 Å². The van der Waals surface area contributed by atoms with Crippen LogP contribution in [0.25, 0.3) is 0 Å². The van der Waals surface area contributed by atoms with Crippen molar-refractivity contribution in [3.8, 4) is 5.75 Å². The van der Waals surface area contributed by atoms with Crippen LogP contribution in [0.5, 0.6) is 5.75 Å². The fraction of sp³-hybridized carbons (Fsp3) is 0.647. The lowest BCUT2D eigenvalue weighted by Crippen LogP contribution is -2.30. The predicted molar refractivity (Wildman–Crippen MR) is 80.9 cm³/mol. The average molecular weight is 261 g/mol. The molecule has 2 nitrogen and oxygen atoms in total. The molecule has 0 amide bonds. The fourth-order valence-electron chi connectivity index (χ4n) is 3.47. The van der Waals surface area contributed by atoms with Crippen molar-refractivity contribution >= 4 is 0 Å². The molecule has 2 rings (SSSR count). The maximum Gasteiger partial charge on any atom is 0.122 e. The molecule has 0 bridgehead atoms. The van der Waals surface area contributed by atoms with Gasteiger partial charge < -0.3 is 10.1 Å². The third-order valence-corrected chi connectivity index (χ3v) is 4.51. The first-order valence-electron chi connectivity index (χ1n) is 7.44. The van der Waals surface area contributed by atoms with Gasteiger partial charge in [-0.2, -0.15) is 0 Å². The summed E-state index contributed by atoms with van der Waals surface area (Å²) in [5.41, 5.74) is 2.74. The van der Waals surface area contributed by atoms with Crippen LogP contribution in [0.1, 0.15) is 43.2 Å². The minimum Gasteiger partial charge on any atom is -0.496 e. The first-order valence-corrected chi connectivity index (χ1v) is 7.44. The molecule has 1 fully saturated rings. The third-order valence-electron chi connectivity index (χ3n) is 4.51. The Morgan fingerprint density at radius 1 is 1.32 bits per heavy atom. The van der Waals surface area contributed by atoms with Crippen molar-refractivity contribution in [2.75, 3.05) is 20.7 Å². The van der Waals surface area contributed by atoms with Gasteiger partial charge in [-0.25, -0.2) is 0 Å². The van der Waals surface area contributed by atoms with Gasteiger partial charge in [-0.05, 0) is 62.7 Å². The van der Waals surface area contributed by atoms with E-state index in [4.69, 9.17) is 4.74 Å². The summed E-state index contributed by atoms with van der Waals surface area (Å²) in [6, 6.07) is 6.59. The van der Waals surface area contributed by atoms with Crippen LogP contribution in [-0.4, -0.2) is 20.7 Å². The lowest BCUT2D eigenvalue weighted by atomic mass is 9.71. The Bertz CT molecular complexity index is 416. The number of benzene rings is 1. The second-order valence-corrected chi connectivity index (χ2v) is 6.09. The van der Waals surface area contributed by atoms with Gasteiger partial charge in [-0.3, -0.25) is 0 Å². The highest BCUT2D eigenvalue weighted by molar-refractivity contribution is 5.40. The highest BCUT2D eigenvalue weighted by atomic mass is 16.5. The quantitative estimate of drug-likeness (QED) is 0.891. The largest absolute Gasteiger partial charge is 0.496 e. The van der Waals surface area contributed by atoms with E-state index in [1.807, 2.05) is 0 Å². The number of hydrogen-bond acceptors (Lipinski definition) is 2. The van der Waals surface area contributed by atoms with Gasteiger partial charge in [-0.15, -0.1) is 0 Å². The van der Waals surface area contributed by atoms with Crippen molar-refractivity contribution in [2.45, 2.75) is 39.0 Å². The van der Waals surface area contributed by atoms with Crippen LogP contribution in [0.2, 0.25) is 0 Å². The van der Waals surface area contributed by atoms with Crippen molar-refractivity contribution in [3.05, 3.63) is 29.3 Å². The molecule has 0 saturated heterocycles. The summed E-state index contributed by atoms with van der Waals surface area (Å²) in [7, 11) is 3.84. The zero-order valence-electron chi connectivity index (χ0n) is 12.7. The lowest BCUT2D eigenvalue weighted by molar-refractivity contribution is 0.240. The maximum atomic E-state index is 5.59. The smallest absolute Gasteiger partial charge is 0.122 e. The van der Waals surface area contributed by atoms with Crippen molar-refractivity contribution in [1.82, 2.24) is 5.32 Å². The number of nitrogens with one attached hydrogen (secondary N) is 1. The van der Waals surface area contributed by atoms with Crippen molar-refractivity contribution in [2.24, 2.45) is 11.8 Å². The zero-order valence-corrected chi connectivity index (χ0v) is 12.7. The molecule has 0 aliphatic heterocycles. The Morgan fingerprint density at radius 2 is 2.11 bits per heavy atom. The standard InChI is InChI=1S/C17H27NO/c1-12-5-7-14(11-18-3)15(9-12)16-10-13(2)6-8-17(16)19-4/h6,8,10,12,14-15,18H,5,7,9,11H2,1-4H3. The van der Waals surface area contributed by atoms with E-state index in [0.29, 0.717) is 5.92 Å². The van der Waals surface area contributed by atoms with Gasteiger partial charge >= 0.3 is 0 Å². The number of rotatable bonds is 4. The monoisotopic (exact) mass is 261 g/mol. The summed E-state index contributed by atoms with van der Waals surface area (Å²) >= 11 is 0. The average Bonchev–Trinajstić information content (AvgIpc) is 2.41. The van der Waals surface area contributed by atoms with Crippen LogP contribution >= 0.6 is 0 Å². The van der Waals surface area contributed by atoms with E-state index in [-0.39, 0.29) is 0 Å². The van der Waals surface area contributed by atoms with Crippen LogP contribution < -0.4 is 10.1 Å². The molecule has 3 unspecified atom stereocenters. The Kier molecular flexibility index (Phi) is 4.87. The molecular weight excluding hydrogens is 234 g/mol. The van der Waals surface area contributed by atoms with Gasteiger partial charge in [-0.1, -0.05) is 31.0 Å². The highest BCUT2D eigenvalue weighted by Gasteiger charge is 2.31. The number of ether oxygens (including phenoxy) is 1. The zero-order chi connectivity index (χ0) is 13.8. The van der Waals surface area contributed by atoms with E-state index < -0.39 is 0 Å². The van der Waals surface area contributed by atoms with E-state index in [2.05, 4.69) is 44.4 Å². The minimum atomic E-state index is 0.631. The molecule has 1 aliphatic carbocycles. The molecule has 1 N–H and O–H groups in total. The molecule has 0 radical (unpaired) electrons. The molecule has 0 spiro atoms. The van der Waals surface area contributed by atoms with Gasteiger partial charge in [0.05, 0.1) is 7.11 Å². The van der Waals surface area contributed by atoms with Crippen LogP contribution in [-0.2, 0) is 0 Å². The Morgan fingerprint density at radius 3 is 2.79 bits per heavy atom. The van der Waals surface area contributed by atoms with E-state index >= 15 is 0 Å². The lowest BCUT2D eigenvalue weighted by Gasteiger charge is -2.36. The molecule has 1 saturated carbocycles. The van der Waals surface area contributed by atoms with Crippen LogP contribution in [0.4, 0.5) is 0 Å². The number of aryl methyl sites for hydroxylation is 1. The van der Waals surface area contributed by atoms with Crippen LogP contribution in [0, 0.1) is 18.8 Å². The van der Waals surface area contributed by atoms with E-state index in [9.17, 15) is 0 Å². The summed E-state index contributed by atoms with van der Waals surface area (Å²) in [5.74, 6) is 3.25. The molecule has 3 atom stereocenters. The van der Waals surface area contributed by atoms with Crippen LogP contribution in [0.15, 0.2) is 18.2 Å². The van der Waals surface area contributed by atoms with Gasteiger partial charge in [0.1, 0.15) is 5.75 Å². The predicted octanol–water partition coefficient (Wildman–Crippen LogP) is 3.74. The molecule has 0 heterocycles. The molecule has 1 aromatic rings. The molecule has 106 valence electrons. The van der Waals surface area contributed by atoms with Crippen LogP contribution in [0.3, 0.4) is 0 Å². The Labute approximate surface area is 117 Å². The summed E-state index contributed by atoms with van der Waals surface area (Å²) in [6.45, 7) is 5.65. The number of methoxy groups -OCH3 is 1. The van der Waals surface area contributed by atoms with Gasteiger partial charge in [0.15, 0.2) is 0 Å². The summed E-state index contributed by atoms with van der Waals surface area (Å²) < 4.78 is 5.59. The van der Waals surface area contributed by atoms with Gasteiger partial charge in [0.25, 0.3) is 0 Å². The first kappa shape index (κ1) is 14.4. The van der Waals surface area contributed by atoms with E-state index in [1.54, 1.807) is 7.11 Å². The SMILES string of the molecule is CNCC1CCC(C)CC1c1cc(C)ccc1OC. The molecule has 1 aliphatic rings. The van der Waals surface area contributed by atoms with Gasteiger partial charge in [0.2, 0.25) is 0 Å². The van der Waals surface area contributed by atoms with Crippen molar-refractivity contribution in [3.63, 3.8) is 0 Å². The number of hydrogen-bond donors (Lipinski definition) is 1. The third kappa shape index (κ3) is 3.30. The summed E-state index contributed by atoms with van der Waals surface area (Å²) in [5, 5.41) is 3.36. The minimum absolute atomic E-state index is 0.631. The van der Waals surface area contributed by atoms with E-state index in [0.717, 1.165) is 24.1 Å². The first-order chi connectivity index (χ1) is 9.15. The molecule has 19 heavy (non-hydrogen) atoms. The van der Waals surface area contributed by atoms with Gasteiger partial charge in [0, 0.05) is 0 Å². The van der Waals surface area contributed by atoms with Crippen molar-refractivity contribution < 1.29 is 4.74 Å². The molecule has 2 heteroatoms. The Hall–Kier alpha value is -1.02. The highest BCUT2D eigenvalue weighted by Crippen LogP contribution is 2.43. The van der Waals surface area contributed by atoms with E-state index in [1.165, 1.54) is 30.4 Å². The molecule has 1 aromatic carbocycles. The topological polar surface area (TPSA) is 21.3 Å². The fourth-order valence-corrected chi connectivity index (χ4v) is 3.47. The maximum absolute atomic E-state index is 5.59. The second kappa shape index (κ2) is 6.42. The Balaban J connectivity index is 2.32. The second-order valence-electron chi connectivity index (χ2n) is 6.09. The summed E-state index contributed by atoms with van der Waals surface area (Å²) in [6.07, 6.45) is 3.97. The summed E-state index contributed by atoms with van der Waals surface area (Å²) in [4.78, 5) is 0. The normalized spacial score (nSPS) is 27.3.